The van der Waals surface area contributed by atoms with Crippen molar-refractivity contribution in [3.8, 4) is 0 Å². The topological polar surface area (TPSA) is 45.7 Å². The normalized spacial score (nSPS) is 26.0. The van der Waals surface area contributed by atoms with Crippen molar-refractivity contribution in [2.75, 3.05) is 44.3 Å². The Morgan fingerprint density at radius 1 is 1.25 bits per heavy atom. The lowest BCUT2D eigenvalue weighted by atomic mass is 9.76. The fourth-order valence-corrected chi connectivity index (χ4v) is 4.67. The van der Waals surface area contributed by atoms with Crippen LogP contribution in [0.15, 0.2) is 11.6 Å². The highest BCUT2D eigenvalue weighted by Crippen LogP contribution is 2.41. The molecule has 0 atom stereocenters. The van der Waals surface area contributed by atoms with E-state index in [1.165, 1.54) is 0 Å². The van der Waals surface area contributed by atoms with Gasteiger partial charge in [0.1, 0.15) is 0 Å². The molecule has 1 aromatic heterocycles. The van der Waals surface area contributed by atoms with E-state index in [0.717, 1.165) is 44.1 Å². The van der Waals surface area contributed by atoms with Crippen molar-refractivity contribution in [3.63, 3.8) is 0 Å². The molecule has 3 aliphatic rings. The molecule has 24 heavy (non-hydrogen) atoms. The number of carbonyl (C=O) groups is 1. The number of likely N-dealkylation sites (tertiary alicyclic amines) is 1. The summed E-state index contributed by atoms with van der Waals surface area (Å²) >= 11 is 1.65. The van der Waals surface area contributed by atoms with Crippen LogP contribution in [0, 0.1) is 5.41 Å². The van der Waals surface area contributed by atoms with Gasteiger partial charge < -0.3 is 14.5 Å². The zero-order valence-corrected chi connectivity index (χ0v) is 14.7. The minimum absolute atomic E-state index is 0.0437. The number of hydrogen-bond acceptors (Lipinski definition) is 5. The number of thiazole rings is 1. The second-order valence-electron chi connectivity index (χ2n) is 7.40. The van der Waals surface area contributed by atoms with Crippen LogP contribution in [0.4, 0.5) is 9.52 Å². The molecule has 0 N–H and O–H groups in total. The van der Waals surface area contributed by atoms with Gasteiger partial charge in [0.25, 0.3) is 5.91 Å². The van der Waals surface area contributed by atoms with Gasteiger partial charge in [0.2, 0.25) is 0 Å². The Bertz CT molecular complexity index is 583. The first-order valence-corrected chi connectivity index (χ1v) is 9.69. The molecule has 1 amide bonds. The molecule has 0 aromatic carbocycles. The fraction of sp³-hybridized carbons (Fsp3) is 0.765. The van der Waals surface area contributed by atoms with Crippen LogP contribution in [0.5, 0.6) is 0 Å². The van der Waals surface area contributed by atoms with Gasteiger partial charge in [0.05, 0.1) is 13.2 Å². The highest BCUT2D eigenvalue weighted by Gasteiger charge is 2.49. The van der Waals surface area contributed by atoms with Gasteiger partial charge in [0.15, 0.2) is 10.8 Å². The minimum Gasteiger partial charge on any atom is -0.379 e. The Morgan fingerprint density at radius 3 is 2.67 bits per heavy atom. The third-order valence-corrected chi connectivity index (χ3v) is 6.60. The van der Waals surface area contributed by atoms with E-state index >= 15 is 0 Å². The molecule has 2 aliphatic heterocycles. The van der Waals surface area contributed by atoms with Crippen LogP contribution in [-0.4, -0.2) is 60.9 Å². The molecule has 4 rings (SSSR count). The predicted molar refractivity (Wildman–Crippen MR) is 91.1 cm³/mol. The molecule has 2 saturated heterocycles. The van der Waals surface area contributed by atoms with E-state index in [0.29, 0.717) is 32.5 Å². The second-order valence-corrected chi connectivity index (χ2v) is 8.27. The average molecular weight is 353 g/mol. The van der Waals surface area contributed by atoms with E-state index in [-0.39, 0.29) is 11.3 Å². The van der Waals surface area contributed by atoms with Crippen molar-refractivity contribution in [1.29, 1.82) is 0 Å². The van der Waals surface area contributed by atoms with Crippen molar-refractivity contribution in [1.82, 2.24) is 9.88 Å². The van der Waals surface area contributed by atoms with E-state index in [4.69, 9.17) is 4.74 Å². The largest absolute Gasteiger partial charge is 0.379 e. The molecule has 0 unspecified atom stereocenters. The molecule has 3 heterocycles. The molecular weight excluding hydrogens is 329 g/mol. The number of amides is 1. The maximum atomic E-state index is 14.4. The van der Waals surface area contributed by atoms with Gasteiger partial charge >= 0.3 is 0 Å². The van der Waals surface area contributed by atoms with Gasteiger partial charge in [-0.3, -0.25) is 4.79 Å². The Balaban J connectivity index is 1.42. The smallest absolute Gasteiger partial charge is 0.260 e. The zero-order valence-electron chi connectivity index (χ0n) is 13.9. The molecule has 7 heteroatoms. The van der Waals surface area contributed by atoms with Crippen LogP contribution < -0.4 is 4.90 Å². The van der Waals surface area contributed by atoms with Gasteiger partial charge in [-0.1, -0.05) is 0 Å². The lowest BCUT2D eigenvalue weighted by molar-refractivity contribution is -0.152. The van der Waals surface area contributed by atoms with Crippen LogP contribution in [0.1, 0.15) is 32.1 Å². The summed E-state index contributed by atoms with van der Waals surface area (Å²) in [6.45, 7) is 4.46. The number of aromatic nitrogens is 1. The maximum absolute atomic E-state index is 14.4. The van der Waals surface area contributed by atoms with Crippen molar-refractivity contribution < 1.29 is 13.9 Å². The molecule has 1 aromatic rings. The molecular formula is C17H24FN3O2S. The van der Waals surface area contributed by atoms with Crippen LogP contribution in [0.25, 0.3) is 0 Å². The standard InChI is InChI=1S/C17H24FN3O2S/c18-17(2-1-3-17)14(22)20-7-4-16(5-8-20)12-21(9-10-23-13-16)15-19-6-11-24-15/h6,11H,1-5,7-10,12-13H2. The highest BCUT2D eigenvalue weighted by atomic mass is 32.1. The monoisotopic (exact) mass is 353 g/mol. The van der Waals surface area contributed by atoms with E-state index in [9.17, 15) is 9.18 Å². The predicted octanol–water partition coefficient (Wildman–Crippen LogP) is 2.48. The van der Waals surface area contributed by atoms with Crippen molar-refractivity contribution >= 4 is 22.4 Å². The van der Waals surface area contributed by atoms with Crippen molar-refractivity contribution in [2.24, 2.45) is 5.41 Å². The Labute approximate surface area is 145 Å². The van der Waals surface area contributed by atoms with Crippen LogP contribution in [0.3, 0.4) is 0 Å². The Hall–Kier alpha value is -1.21. The van der Waals surface area contributed by atoms with Crippen molar-refractivity contribution in [2.45, 2.75) is 37.8 Å². The van der Waals surface area contributed by atoms with E-state index in [1.54, 1.807) is 16.2 Å². The third kappa shape index (κ3) is 2.92. The molecule has 132 valence electrons. The Morgan fingerprint density at radius 2 is 2.04 bits per heavy atom. The quantitative estimate of drug-likeness (QED) is 0.819. The number of nitrogens with zero attached hydrogens (tertiary/aromatic N) is 3. The minimum atomic E-state index is -1.57. The molecule has 1 spiro atoms. The van der Waals surface area contributed by atoms with Gasteiger partial charge in [-0.2, -0.15) is 0 Å². The molecule has 1 aliphatic carbocycles. The summed E-state index contributed by atoms with van der Waals surface area (Å²) in [5.74, 6) is -0.282. The van der Waals surface area contributed by atoms with Gasteiger partial charge in [-0.15, -0.1) is 11.3 Å². The maximum Gasteiger partial charge on any atom is 0.260 e. The third-order valence-electron chi connectivity index (χ3n) is 5.77. The number of hydrogen-bond donors (Lipinski definition) is 0. The summed E-state index contributed by atoms with van der Waals surface area (Å²) < 4.78 is 20.3. The Kier molecular flexibility index (Phi) is 4.24. The molecule has 0 bridgehead atoms. The van der Waals surface area contributed by atoms with Gasteiger partial charge in [0, 0.05) is 43.2 Å². The first-order valence-electron chi connectivity index (χ1n) is 8.81. The number of rotatable bonds is 2. The van der Waals surface area contributed by atoms with E-state index in [1.807, 2.05) is 11.6 Å². The number of halogens is 1. The number of alkyl halides is 1. The lowest BCUT2D eigenvalue weighted by Gasteiger charge is -2.45. The number of anilines is 1. The summed E-state index contributed by atoms with van der Waals surface area (Å²) in [4.78, 5) is 20.9. The molecule has 0 radical (unpaired) electrons. The fourth-order valence-electron chi connectivity index (χ4n) is 4.00. The SMILES string of the molecule is O=C(N1CCC2(CC1)COCCN(c1nccs1)C2)C1(F)CCC1. The molecule has 3 fully saturated rings. The highest BCUT2D eigenvalue weighted by molar-refractivity contribution is 7.13. The molecule has 5 nitrogen and oxygen atoms in total. The number of ether oxygens (including phenoxy) is 1. The summed E-state index contributed by atoms with van der Waals surface area (Å²) in [7, 11) is 0. The van der Waals surface area contributed by atoms with Gasteiger partial charge in [-0.25, -0.2) is 9.37 Å². The number of piperidine rings is 1. The van der Waals surface area contributed by atoms with Crippen LogP contribution >= 0.6 is 11.3 Å². The summed E-state index contributed by atoms with van der Waals surface area (Å²) in [6.07, 6.45) is 5.20. The van der Waals surface area contributed by atoms with E-state index < -0.39 is 5.67 Å². The lowest BCUT2D eigenvalue weighted by Crippen LogP contribution is -2.55. The van der Waals surface area contributed by atoms with Crippen LogP contribution in [-0.2, 0) is 9.53 Å². The van der Waals surface area contributed by atoms with Crippen LogP contribution in [0.2, 0.25) is 0 Å². The zero-order chi connectivity index (χ0) is 16.6. The molecule has 1 saturated carbocycles. The summed E-state index contributed by atoms with van der Waals surface area (Å²) in [6, 6.07) is 0. The summed E-state index contributed by atoms with van der Waals surface area (Å²) in [5.41, 5.74) is -1.53. The first-order chi connectivity index (χ1) is 11.6. The second kappa shape index (κ2) is 6.26. The average Bonchev–Trinajstić information content (AvgIpc) is 3.03. The summed E-state index contributed by atoms with van der Waals surface area (Å²) in [5, 5.41) is 3.03. The van der Waals surface area contributed by atoms with Crippen molar-refractivity contribution in [3.05, 3.63) is 11.6 Å². The number of carbonyl (C=O) groups excluding carboxylic acids is 1. The first kappa shape index (κ1) is 16.3. The van der Waals surface area contributed by atoms with Gasteiger partial charge in [-0.05, 0) is 32.1 Å². The van der Waals surface area contributed by atoms with E-state index in [2.05, 4.69) is 9.88 Å².